The van der Waals surface area contributed by atoms with Crippen molar-refractivity contribution in [2.75, 3.05) is 11.9 Å². The Kier molecular flexibility index (Phi) is 4.28. The number of aromatic nitrogens is 1. The van der Waals surface area contributed by atoms with Crippen LogP contribution in [0.25, 0.3) is 0 Å². The van der Waals surface area contributed by atoms with Gasteiger partial charge in [0.15, 0.2) is 6.20 Å². The van der Waals surface area contributed by atoms with E-state index in [0.29, 0.717) is 0 Å². The fraction of sp³-hybridized carbons (Fsp3) is 0.300. The maximum Gasteiger partial charge on any atom is 0.363 e. The molecule has 0 saturated heterocycles. The lowest BCUT2D eigenvalue weighted by atomic mass is 10.3. The molecule has 0 aromatic carbocycles. The molecule has 0 aliphatic carbocycles. The van der Waals surface area contributed by atoms with E-state index in [1.165, 1.54) is 12.3 Å². The Morgan fingerprint density at radius 1 is 1.60 bits per heavy atom. The minimum atomic E-state index is -0.510. The number of nitrogens with zero attached hydrogens (tertiary/aromatic N) is 2. The van der Waals surface area contributed by atoms with Gasteiger partial charge in [-0.1, -0.05) is 12.2 Å². The van der Waals surface area contributed by atoms with E-state index < -0.39 is 4.92 Å². The number of anilines is 1. The molecule has 0 aliphatic heterocycles. The van der Waals surface area contributed by atoms with Crippen LogP contribution >= 0.6 is 0 Å². The molecular formula is C10H13N3O2. The lowest BCUT2D eigenvalue weighted by Gasteiger charge is -2.01. The van der Waals surface area contributed by atoms with Crippen LogP contribution in [0.5, 0.6) is 0 Å². The van der Waals surface area contributed by atoms with Crippen LogP contribution in [-0.4, -0.2) is 16.5 Å². The van der Waals surface area contributed by atoms with E-state index in [1.807, 2.05) is 19.1 Å². The molecule has 0 unspecified atom stereocenters. The maximum atomic E-state index is 10.3. The van der Waals surface area contributed by atoms with Gasteiger partial charge in [0.25, 0.3) is 0 Å². The second kappa shape index (κ2) is 5.74. The molecule has 1 aromatic rings. The van der Waals surface area contributed by atoms with Gasteiger partial charge in [-0.05, 0) is 29.3 Å². The normalized spacial score (nSPS) is 10.5. The Morgan fingerprint density at radius 2 is 2.40 bits per heavy atom. The Balaban J connectivity index is 2.46. The molecule has 1 rings (SSSR count). The molecule has 15 heavy (non-hydrogen) atoms. The monoisotopic (exact) mass is 207 g/mol. The predicted molar refractivity (Wildman–Crippen MR) is 58.8 cm³/mol. The summed E-state index contributed by atoms with van der Waals surface area (Å²) < 4.78 is 0. The summed E-state index contributed by atoms with van der Waals surface area (Å²) in [4.78, 5) is 13.5. The highest BCUT2D eigenvalue weighted by atomic mass is 16.6. The van der Waals surface area contributed by atoms with Gasteiger partial charge in [-0.3, -0.25) is 0 Å². The number of pyridine rings is 1. The zero-order valence-electron chi connectivity index (χ0n) is 8.51. The minimum Gasteiger partial charge on any atom is -0.382 e. The highest BCUT2D eigenvalue weighted by Crippen LogP contribution is 2.11. The van der Waals surface area contributed by atoms with Crippen molar-refractivity contribution in [1.29, 1.82) is 0 Å². The number of nitrogens with one attached hydrogen (secondary N) is 1. The van der Waals surface area contributed by atoms with Crippen LogP contribution in [0.1, 0.15) is 13.3 Å². The number of hydrogen-bond donors (Lipinski definition) is 1. The first-order valence-electron chi connectivity index (χ1n) is 4.69. The van der Waals surface area contributed by atoms with Gasteiger partial charge < -0.3 is 15.4 Å². The molecule has 5 heteroatoms. The molecule has 1 aromatic heterocycles. The Labute approximate surface area is 88.0 Å². The summed E-state index contributed by atoms with van der Waals surface area (Å²) in [6.45, 7) is 2.76. The molecule has 0 spiro atoms. The van der Waals surface area contributed by atoms with Gasteiger partial charge in [0.05, 0.1) is 5.69 Å². The van der Waals surface area contributed by atoms with Crippen LogP contribution in [0.15, 0.2) is 30.5 Å². The SMILES string of the molecule is C/C=C/CCNc1ccc([N+](=O)[O-])nc1. The summed E-state index contributed by atoms with van der Waals surface area (Å²) in [6.07, 6.45) is 6.42. The fourth-order valence-electron chi connectivity index (χ4n) is 1.07. The quantitative estimate of drug-likeness (QED) is 0.348. The molecular weight excluding hydrogens is 194 g/mol. The van der Waals surface area contributed by atoms with Crippen LogP contribution < -0.4 is 5.32 Å². The van der Waals surface area contributed by atoms with E-state index in [0.717, 1.165) is 18.7 Å². The molecule has 0 aliphatic rings. The minimum absolute atomic E-state index is 0.131. The summed E-state index contributed by atoms with van der Waals surface area (Å²) in [5.74, 6) is -0.131. The summed E-state index contributed by atoms with van der Waals surface area (Å²) in [5.41, 5.74) is 0.796. The first-order chi connectivity index (χ1) is 7.24. The van der Waals surface area contributed by atoms with E-state index >= 15 is 0 Å². The molecule has 1 N–H and O–H groups in total. The molecule has 0 bridgehead atoms. The van der Waals surface area contributed by atoms with E-state index in [-0.39, 0.29) is 5.82 Å². The third-order valence-electron chi connectivity index (χ3n) is 1.81. The highest BCUT2D eigenvalue weighted by molar-refractivity contribution is 5.43. The lowest BCUT2D eigenvalue weighted by Crippen LogP contribution is -2.01. The predicted octanol–water partition coefficient (Wildman–Crippen LogP) is 2.37. The molecule has 0 saturated carbocycles. The molecule has 0 amide bonds. The number of hydrogen-bond acceptors (Lipinski definition) is 4. The maximum absolute atomic E-state index is 10.3. The molecule has 1 heterocycles. The smallest absolute Gasteiger partial charge is 0.363 e. The van der Waals surface area contributed by atoms with Crippen molar-refractivity contribution in [3.8, 4) is 0 Å². The van der Waals surface area contributed by atoms with Crippen molar-refractivity contribution in [1.82, 2.24) is 4.98 Å². The van der Waals surface area contributed by atoms with Gasteiger partial charge in [-0.15, -0.1) is 0 Å². The van der Waals surface area contributed by atoms with Crippen LogP contribution in [0, 0.1) is 10.1 Å². The molecule has 0 atom stereocenters. The average Bonchev–Trinajstić information content (AvgIpc) is 2.25. The molecule has 5 nitrogen and oxygen atoms in total. The summed E-state index contributed by atoms with van der Waals surface area (Å²) in [7, 11) is 0. The topological polar surface area (TPSA) is 68.1 Å². The molecule has 0 radical (unpaired) electrons. The molecule has 80 valence electrons. The average molecular weight is 207 g/mol. The molecule has 0 fully saturated rings. The van der Waals surface area contributed by atoms with Gasteiger partial charge >= 0.3 is 5.82 Å². The van der Waals surface area contributed by atoms with Gasteiger partial charge in [0.2, 0.25) is 0 Å². The number of nitro groups is 1. The third kappa shape index (κ3) is 3.76. The van der Waals surface area contributed by atoms with Gasteiger partial charge in [0, 0.05) is 12.6 Å². The Hall–Kier alpha value is -1.91. The van der Waals surface area contributed by atoms with Crippen molar-refractivity contribution in [3.63, 3.8) is 0 Å². The first-order valence-corrected chi connectivity index (χ1v) is 4.69. The second-order valence-corrected chi connectivity index (χ2v) is 2.95. The van der Waals surface area contributed by atoms with Crippen molar-refractivity contribution in [2.24, 2.45) is 0 Å². The van der Waals surface area contributed by atoms with Crippen LogP contribution in [0.2, 0.25) is 0 Å². The van der Waals surface area contributed by atoms with E-state index in [9.17, 15) is 10.1 Å². The van der Waals surface area contributed by atoms with Crippen molar-refractivity contribution in [2.45, 2.75) is 13.3 Å². The van der Waals surface area contributed by atoms with Crippen molar-refractivity contribution >= 4 is 11.5 Å². The summed E-state index contributed by atoms with van der Waals surface area (Å²) >= 11 is 0. The van der Waals surface area contributed by atoms with Crippen LogP contribution in [0.3, 0.4) is 0 Å². The Bertz CT molecular complexity index is 346. The van der Waals surface area contributed by atoms with E-state index in [4.69, 9.17) is 0 Å². The van der Waals surface area contributed by atoms with Gasteiger partial charge in [-0.25, -0.2) is 0 Å². The largest absolute Gasteiger partial charge is 0.382 e. The van der Waals surface area contributed by atoms with Crippen molar-refractivity contribution < 1.29 is 4.92 Å². The van der Waals surface area contributed by atoms with Crippen molar-refractivity contribution in [3.05, 3.63) is 40.6 Å². The van der Waals surface area contributed by atoms with Crippen LogP contribution in [-0.2, 0) is 0 Å². The lowest BCUT2D eigenvalue weighted by molar-refractivity contribution is -0.389. The third-order valence-corrected chi connectivity index (χ3v) is 1.81. The zero-order valence-corrected chi connectivity index (χ0v) is 8.51. The first kappa shape index (κ1) is 11.2. The number of allylic oxidation sites excluding steroid dienone is 1. The van der Waals surface area contributed by atoms with Crippen LogP contribution in [0.4, 0.5) is 11.5 Å². The second-order valence-electron chi connectivity index (χ2n) is 2.95. The summed E-state index contributed by atoms with van der Waals surface area (Å²) in [6, 6.07) is 3.04. The van der Waals surface area contributed by atoms with E-state index in [2.05, 4.69) is 10.3 Å². The van der Waals surface area contributed by atoms with Gasteiger partial charge in [0.1, 0.15) is 0 Å². The standard InChI is InChI=1S/C10H13N3O2/c1-2-3-4-7-11-9-5-6-10(12-8-9)13(14)15/h2-3,5-6,8,11H,4,7H2,1H3/b3-2+. The highest BCUT2D eigenvalue weighted by Gasteiger charge is 2.04. The van der Waals surface area contributed by atoms with Gasteiger partial charge in [-0.2, -0.15) is 0 Å². The summed E-state index contributed by atoms with van der Waals surface area (Å²) in [5, 5.41) is 13.4. The zero-order chi connectivity index (χ0) is 11.1. The number of rotatable bonds is 5. The fourth-order valence-corrected chi connectivity index (χ4v) is 1.07. The Morgan fingerprint density at radius 3 is 2.93 bits per heavy atom. The van der Waals surface area contributed by atoms with E-state index in [1.54, 1.807) is 6.07 Å².